The summed E-state index contributed by atoms with van der Waals surface area (Å²) in [4.78, 5) is 12.6. The first-order chi connectivity index (χ1) is 16.9. The van der Waals surface area contributed by atoms with Crippen molar-refractivity contribution in [3.63, 3.8) is 0 Å². The van der Waals surface area contributed by atoms with Crippen molar-refractivity contribution >= 4 is 5.97 Å². The zero-order chi connectivity index (χ0) is 24.9. The molecule has 35 heavy (non-hydrogen) atoms. The molecule has 0 N–H and O–H groups in total. The van der Waals surface area contributed by atoms with Gasteiger partial charge in [-0.2, -0.15) is 0 Å². The number of carbonyl (C=O) groups is 1. The van der Waals surface area contributed by atoms with Gasteiger partial charge in [0.2, 0.25) is 0 Å². The van der Waals surface area contributed by atoms with Gasteiger partial charge in [0.25, 0.3) is 0 Å². The average molecular weight is 481 g/mol. The summed E-state index contributed by atoms with van der Waals surface area (Å²) in [5.74, 6) is -2.73. The van der Waals surface area contributed by atoms with Crippen LogP contribution in [0.3, 0.4) is 0 Å². The summed E-state index contributed by atoms with van der Waals surface area (Å²) in [5.41, 5.74) is 3.01. The summed E-state index contributed by atoms with van der Waals surface area (Å²) in [6, 6.07) is 15.4. The molecule has 0 saturated heterocycles. The molecule has 1 aliphatic carbocycles. The normalized spacial score (nSPS) is 17.9. The van der Waals surface area contributed by atoms with Crippen molar-refractivity contribution in [3.05, 3.63) is 88.7 Å². The molecule has 5 heteroatoms. The Morgan fingerprint density at radius 2 is 1.60 bits per heavy atom. The largest absolute Gasteiger partial charge is 0.426 e. The van der Waals surface area contributed by atoms with E-state index in [1.54, 1.807) is 24.3 Å². The highest BCUT2D eigenvalue weighted by molar-refractivity contribution is 5.75. The quantitative estimate of drug-likeness (QED) is 0.252. The van der Waals surface area contributed by atoms with Crippen LogP contribution in [-0.4, -0.2) is 5.97 Å². The summed E-state index contributed by atoms with van der Waals surface area (Å²) in [5, 5.41) is 0. The number of hydrogen-bond acceptors (Lipinski definition) is 2. The SMILES string of the molecule is CCCc1ccc(-c2ccc(C3CCC(C(=O)Oc4ccc(CC)c(F)c4)CC3)c(F)c2F)cc1. The number of benzene rings is 3. The standard InChI is InChI=1S/C30H31F3O2/c1-3-5-19-6-8-21(9-7-19)25-16-17-26(29(33)28(25)32)22-10-12-23(13-11-22)30(34)35-24-15-14-20(4-2)27(31)18-24/h6-9,14-18,22-23H,3-5,10-13H2,1-2H3. The molecule has 0 radical (unpaired) electrons. The van der Waals surface area contributed by atoms with Crippen LogP contribution in [0.4, 0.5) is 13.2 Å². The number of rotatable bonds is 7. The molecular weight excluding hydrogens is 449 g/mol. The van der Waals surface area contributed by atoms with E-state index in [0.717, 1.165) is 12.8 Å². The van der Waals surface area contributed by atoms with Gasteiger partial charge in [0.1, 0.15) is 11.6 Å². The summed E-state index contributed by atoms with van der Waals surface area (Å²) in [7, 11) is 0. The molecule has 1 fully saturated rings. The van der Waals surface area contributed by atoms with E-state index in [4.69, 9.17) is 4.74 Å². The second-order valence-corrected chi connectivity index (χ2v) is 9.35. The number of carbonyl (C=O) groups excluding carboxylic acids is 1. The van der Waals surface area contributed by atoms with E-state index in [1.807, 2.05) is 31.2 Å². The smallest absolute Gasteiger partial charge is 0.314 e. The summed E-state index contributed by atoms with van der Waals surface area (Å²) in [6.07, 6.45) is 4.69. The Hall–Kier alpha value is -3.08. The van der Waals surface area contributed by atoms with Gasteiger partial charge < -0.3 is 4.74 Å². The van der Waals surface area contributed by atoms with Crippen LogP contribution in [-0.2, 0) is 17.6 Å². The lowest BCUT2D eigenvalue weighted by Gasteiger charge is -2.28. The molecule has 0 aliphatic heterocycles. The number of halogens is 3. The van der Waals surface area contributed by atoms with Crippen LogP contribution < -0.4 is 4.74 Å². The van der Waals surface area contributed by atoms with Gasteiger partial charge in [0.15, 0.2) is 11.6 Å². The van der Waals surface area contributed by atoms with E-state index in [-0.39, 0.29) is 29.0 Å². The van der Waals surface area contributed by atoms with Crippen LogP contribution in [0.25, 0.3) is 11.1 Å². The van der Waals surface area contributed by atoms with Crippen molar-refractivity contribution in [3.8, 4) is 16.9 Å². The zero-order valence-corrected chi connectivity index (χ0v) is 20.3. The average Bonchev–Trinajstić information content (AvgIpc) is 2.87. The number of aryl methyl sites for hydroxylation is 2. The Morgan fingerprint density at radius 3 is 2.23 bits per heavy atom. The second kappa shape index (κ2) is 11.1. The van der Waals surface area contributed by atoms with Gasteiger partial charge in [0.05, 0.1) is 5.92 Å². The van der Waals surface area contributed by atoms with Gasteiger partial charge in [-0.3, -0.25) is 4.79 Å². The minimum Gasteiger partial charge on any atom is -0.426 e. The minimum absolute atomic E-state index is 0.157. The molecule has 4 rings (SSSR count). The molecule has 1 saturated carbocycles. The fourth-order valence-electron chi connectivity index (χ4n) is 4.96. The zero-order valence-electron chi connectivity index (χ0n) is 20.3. The van der Waals surface area contributed by atoms with Gasteiger partial charge >= 0.3 is 5.97 Å². The first-order valence-corrected chi connectivity index (χ1v) is 12.5. The maximum atomic E-state index is 15.1. The summed E-state index contributed by atoms with van der Waals surface area (Å²) in [6.45, 7) is 3.96. The van der Waals surface area contributed by atoms with Crippen LogP contribution in [0.15, 0.2) is 54.6 Å². The van der Waals surface area contributed by atoms with E-state index in [9.17, 15) is 9.18 Å². The highest BCUT2D eigenvalue weighted by Crippen LogP contribution is 2.39. The topological polar surface area (TPSA) is 26.3 Å². The molecule has 2 nitrogen and oxygen atoms in total. The predicted molar refractivity (Wildman–Crippen MR) is 132 cm³/mol. The fraction of sp³-hybridized carbons (Fsp3) is 0.367. The third-order valence-corrected chi connectivity index (χ3v) is 7.04. The second-order valence-electron chi connectivity index (χ2n) is 9.35. The van der Waals surface area contributed by atoms with Crippen LogP contribution in [0.5, 0.6) is 5.75 Å². The van der Waals surface area contributed by atoms with E-state index < -0.39 is 17.6 Å². The van der Waals surface area contributed by atoms with Crippen molar-refractivity contribution in [2.75, 3.05) is 0 Å². The van der Waals surface area contributed by atoms with E-state index >= 15 is 8.78 Å². The Bertz CT molecular complexity index is 1180. The van der Waals surface area contributed by atoms with Crippen LogP contribution in [0, 0.1) is 23.4 Å². The van der Waals surface area contributed by atoms with Crippen LogP contribution in [0.2, 0.25) is 0 Å². The Labute approximate surface area is 205 Å². The fourth-order valence-corrected chi connectivity index (χ4v) is 4.96. The highest BCUT2D eigenvalue weighted by Gasteiger charge is 2.31. The number of ether oxygens (including phenoxy) is 1. The highest BCUT2D eigenvalue weighted by atomic mass is 19.2. The molecule has 0 heterocycles. The first-order valence-electron chi connectivity index (χ1n) is 12.5. The van der Waals surface area contributed by atoms with Gasteiger partial charge in [0, 0.05) is 11.6 Å². The molecule has 0 bridgehead atoms. The van der Waals surface area contributed by atoms with Crippen LogP contribution >= 0.6 is 0 Å². The molecule has 3 aromatic carbocycles. The predicted octanol–water partition coefficient (Wildman–Crippen LogP) is 8.17. The summed E-state index contributed by atoms with van der Waals surface area (Å²) < 4.78 is 49.5. The molecule has 0 spiro atoms. The van der Waals surface area contributed by atoms with Gasteiger partial charge in [-0.15, -0.1) is 0 Å². The van der Waals surface area contributed by atoms with Crippen molar-refractivity contribution in [2.45, 2.75) is 64.7 Å². The Morgan fingerprint density at radius 1 is 0.886 bits per heavy atom. The lowest BCUT2D eigenvalue weighted by Crippen LogP contribution is -2.25. The maximum Gasteiger partial charge on any atom is 0.314 e. The third kappa shape index (κ3) is 5.61. The lowest BCUT2D eigenvalue weighted by atomic mass is 9.78. The molecule has 184 valence electrons. The van der Waals surface area contributed by atoms with Crippen molar-refractivity contribution in [1.82, 2.24) is 0 Å². The van der Waals surface area contributed by atoms with E-state index in [0.29, 0.717) is 48.8 Å². The Balaban J connectivity index is 1.40. The molecule has 0 unspecified atom stereocenters. The lowest BCUT2D eigenvalue weighted by molar-refractivity contribution is -0.140. The number of hydrogen-bond donors (Lipinski definition) is 0. The molecular formula is C30H31F3O2. The van der Waals surface area contributed by atoms with Crippen molar-refractivity contribution in [1.29, 1.82) is 0 Å². The molecule has 0 amide bonds. The third-order valence-electron chi connectivity index (χ3n) is 7.04. The molecule has 0 atom stereocenters. The van der Waals surface area contributed by atoms with Gasteiger partial charge in [-0.05, 0) is 72.8 Å². The molecule has 3 aromatic rings. The van der Waals surface area contributed by atoms with Gasteiger partial charge in [-0.25, -0.2) is 13.2 Å². The van der Waals surface area contributed by atoms with E-state index in [1.165, 1.54) is 11.6 Å². The molecule has 0 aromatic heterocycles. The van der Waals surface area contributed by atoms with Crippen LogP contribution in [0.1, 0.15) is 68.6 Å². The monoisotopic (exact) mass is 480 g/mol. The van der Waals surface area contributed by atoms with Crippen molar-refractivity contribution in [2.24, 2.45) is 5.92 Å². The first kappa shape index (κ1) is 25.0. The van der Waals surface area contributed by atoms with E-state index in [2.05, 4.69) is 6.92 Å². The summed E-state index contributed by atoms with van der Waals surface area (Å²) >= 11 is 0. The number of esters is 1. The molecule has 1 aliphatic rings. The van der Waals surface area contributed by atoms with Crippen molar-refractivity contribution < 1.29 is 22.7 Å². The maximum absolute atomic E-state index is 15.1. The minimum atomic E-state index is -0.829. The van der Waals surface area contributed by atoms with Gasteiger partial charge in [-0.1, -0.05) is 62.7 Å². The Kier molecular flexibility index (Phi) is 7.94.